The second-order valence-corrected chi connectivity index (χ2v) is 27.0. The molecule has 0 spiro atoms. The zero-order valence-electron chi connectivity index (χ0n) is 65.1. The molecule has 16 aromatic rings. The van der Waals surface area contributed by atoms with E-state index in [1.54, 1.807) is 76.1 Å². The number of carbonyl (C=O) groups is 2. The second kappa shape index (κ2) is 29.9. The third kappa shape index (κ3) is 11.2. The third-order valence-electron chi connectivity index (χ3n) is 21.4. The lowest BCUT2D eigenvalue weighted by molar-refractivity contribution is -0.132. The maximum Gasteiger partial charge on any atom is 0.308 e. The monoisotopic (exact) mass is 1520 g/mol. The van der Waals surface area contributed by atoms with Gasteiger partial charge in [0.05, 0.1) is 85.3 Å². The molecule has 0 heterocycles. The summed E-state index contributed by atoms with van der Waals surface area (Å²) < 4.78 is 91.0. The van der Waals surface area contributed by atoms with E-state index in [1.165, 1.54) is 35.2 Å². The quantitative estimate of drug-likeness (QED) is 0.0507. The molecule has 0 aromatic heterocycles. The molecule has 16 aromatic carbocycles. The summed E-state index contributed by atoms with van der Waals surface area (Å²) in [5.41, 5.74) is 7.24. The Kier molecular flexibility index (Phi) is 19.3. The Balaban J connectivity index is 0.944. The molecule has 0 amide bonds. The van der Waals surface area contributed by atoms with Crippen LogP contribution in [0.5, 0.6) is 92.0 Å². The topological polar surface area (TPSA) is 204 Å². The van der Waals surface area contributed by atoms with Crippen molar-refractivity contribution in [2.45, 2.75) is 13.8 Å². The largest absolute Gasteiger partial charge is 0.504 e. The molecule has 18 heteroatoms. The highest BCUT2D eigenvalue weighted by Crippen LogP contribution is 2.66. The highest BCUT2D eigenvalue weighted by atomic mass is 16.6. The molecule has 0 bridgehead atoms. The maximum atomic E-state index is 13.5. The molecular weight excluding hydrogens is 1440 g/mol. The van der Waals surface area contributed by atoms with Crippen molar-refractivity contribution >= 4 is 98.1 Å². The van der Waals surface area contributed by atoms with Crippen molar-refractivity contribution in [2.75, 3.05) is 85.3 Å². The second-order valence-electron chi connectivity index (χ2n) is 27.0. The summed E-state index contributed by atoms with van der Waals surface area (Å²) in [6, 6.07) is 65.9. The molecule has 18 nitrogen and oxygen atoms in total. The average Bonchev–Trinajstić information content (AvgIpc) is 0.706. The third-order valence-corrected chi connectivity index (χ3v) is 21.4. The average molecular weight is 1520 g/mol. The predicted molar refractivity (Wildman–Crippen MR) is 449 cm³/mol. The smallest absolute Gasteiger partial charge is 0.308 e. The Bertz CT molecular complexity index is 6700. The van der Waals surface area contributed by atoms with Gasteiger partial charge in [0.1, 0.15) is 0 Å². The number of phenols is 2. The summed E-state index contributed by atoms with van der Waals surface area (Å²) in [4.78, 5) is 25.5. The number of benzene rings is 16. The van der Waals surface area contributed by atoms with Gasteiger partial charge in [-0.1, -0.05) is 194 Å². The number of carbonyl (C=O) groups excluding carboxylic acids is 2. The summed E-state index contributed by atoms with van der Waals surface area (Å²) in [6.07, 6.45) is 0. The number of ether oxygens (including phenoxy) is 14. The molecule has 0 aliphatic rings. The maximum absolute atomic E-state index is 13.5. The first-order valence-corrected chi connectivity index (χ1v) is 36.5. The fourth-order valence-corrected chi connectivity index (χ4v) is 17.3. The van der Waals surface area contributed by atoms with E-state index in [-0.39, 0.29) is 57.1 Å². The molecule has 0 saturated carbocycles. The Morgan fingerprint density at radius 3 is 0.526 bits per heavy atom. The van der Waals surface area contributed by atoms with Gasteiger partial charge in [-0.2, -0.15) is 0 Å². The number of methoxy groups -OCH3 is 12. The molecule has 570 valence electrons. The summed E-state index contributed by atoms with van der Waals surface area (Å²) in [7, 11) is 18.8. The van der Waals surface area contributed by atoms with E-state index in [0.717, 1.165) is 48.5 Å². The van der Waals surface area contributed by atoms with Crippen LogP contribution < -0.4 is 66.3 Å². The summed E-state index contributed by atoms with van der Waals surface area (Å²) in [5.74, 6) is 2.04. The summed E-state index contributed by atoms with van der Waals surface area (Å²) >= 11 is 0. The van der Waals surface area contributed by atoms with Gasteiger partial charge in [-0.25, -0.2) is 0 Å². The lowest BCUT2D eigenvalue weighted by atomic mass is 9.81. The van der Waals surface area contributed by atoms with Crippen molar-refractivity contribution in [1.29, 1.82) is 0 Å². The number of rotatable bonds is 21. The van der Waals surface area contributed by atoms with Crippen molar-refractivity contribution in [3.05, 3.63) is 206 Å². The van der Waals surface area contributed by atoms with Crippen molar-refractivity contribution in [1.82, 2.24) is 0 Å². The standard InChI is InChI=1S/C96H78O18/c1-49(97)113-67-47-51-31-15-17-33-53(51)71(85(67)101-3)73-57-37-21-19-35-55(57)69(83(99)87(73)103-5)70-56-36-20-22-38-58(56)74(88(104-6)84(70)100)76-60-40-24-26-42-62(60)78(92(108-10)90(76)106-8)80-64-44-28-30-46-66(64)82(96(112-14)94(80)110-12)81-65-45-29-27-43-63(65)79(93(109-11)95(81)111-13)77-61-41-25-23-39-59(61)75(89(105-7)91(77)107-9)72-54-34-18-16-32-52(54)48-68(86(72)102-4)114-50(2)98/h15-48,99-100H,1-14H3. The molecule has 2 N–H and O–H groups in total. The number of hydrogen-bond donors (Lipinski definition) is 2. The zero-order chi connectivity index (χ0) is 79.7. The molecule has 0 aliphatic carbocycles. The van der Waals surface area contributed by atoms with Crippen LogP contribution in [-0.4, -0.2) is 107 Å². The number of phenolic OH excluding ortho intramolecular Hbond substituents is 2. The minimum Gasteiger partial charge on any atom is -0.504 e. The van der Waals surface area contributed by atoms with Crippen LogP contribution in [0.2, 0.25) is 0 Å². The zero-order valence-corrected chi connectivity index (χ0v) is 65.1. The first-order chi connectivity index (χ1) is 55.6. The van der Waals surface area contributed by atoms with Gasteiger partial charge >= 0.3 is 11.9 Å². The summed E-state index contributed by atoms with van der Waals surface area (Å²) in [5, 5.41) is 37.9. The molecule has 0 fully saturated rings. The van der Waals surface area contributed by atoms with Crippen molar-refractivity contribution in [3.63, 3.8) is 0 Å². The number of aromatic hydroxyl groups is 2. The molecule has 0 radical (unpaired) electrons. The molecule has 0 saturated heterocycles. The summed E-state index contributed by atoms with van der Waals surface area (Å²) in [6.45, 7) is 2.67. The van der Waals surface area contributed by atoms with Crippen molar-refractivity contribution < 1.29 is 86.1 Å². The van der Waals surface area contributed by atoms with Gasteiger partial charge in [0, 0.05) is 91.7 Å². The molecule has 0 atom stereocenters. The minimum atomic E-state index is -0.553. The first-order valence-electron chi connectivity index (χ1n) is 36.5. The normalized spacial score (nSPS) is 11.4. The van der Waals surface area contributed by atoms with E-state index in [4.69, 9.17) is 66.3 Å². The van der Waals surface area contributed by atoms with E-state index < -0.39 is 11.9 Å². The molecule has 16 rings (SSSR count). The van der Waals surface area contributed by atoms with Crippen LogP contribution in [-0.2, 0) is 9.59 Å². The number of fused-ring (bicyclic) bond motifs is 8. The predicted octanol–water partition coefficient (Wildman–Crippen LogP) is 21.9. The van der Waals surface area contributed by atoms with E-state index in [9.17, 15) is 19.8 Å². The lowest BCUT2D eigenvalue weighted by Crippen LogP contribution is -2.06. The molecule has 114 heavy (non-hydrogen) atoms. The van der Waals surface area contributed by atoms with Gasteiger partial charge in [-0.15, -0.1) is 0 Å². The van der Waals surface area contributed by atoms with Crippen molar-refractivity contribution in [2.24, 2.45) is 0 Å². The van der Waals surface area contributed by atoms with Crippen LogP contribution >= 0.6 is 0 Å². The van der Waals surface area contributed by atoms with E-state index in [2.05, 4.69) is 0 Å². The molecule has 0 aliphatic heterocycles. The van der Waals surface area contributed by atoms with Crippen LogP contribution in [0.25, 0.3) is 164 Å². The Morgan fingerprint density at radius 1 is 0.202 bits per heavy atom. The fraction of sp³-hybridized carbons (Fsp3) is 0.146. The molecule has 0 unspecified atom stereocenters. The molecular formula is C96H78O18. The van der Waals surface area contributed by atoms with Crippen molar-refractivity contribution in [3.8, 4) is 170 Å². The minimum absolute atomic E-state index is 0.0485. The van der Waals surface area contributed by atoms with E-state index in [1.807, 2.05) is 194 Å². The van der Waals surface area contributed by atoms with Gasteiger partial charge in [0.2, 0.25) is 0 Å². The first kappa shape index (κ1) is 73.9. The van der Waals surface area contributed by atoms with Gasteiger partial charge in [0.25, 0.3) is 0 Å². The van der Waals surface area contributed by atoms with E-state index >= 15 is 0 Å². The van der Waals surface area contributed by atoms with E-state index in [0.29, 0.717) is 150 Å². The van der Waals surface area contributed by atoms with Crippen LogP contribution in [0.15, 0.2) is 206 Å². The number of hydrogen-bond acceptors (Lipinski definition) is 18. The number of esters is 2. The fourth-order valence-electron chi connectivity index (χ4n) is 17.3. The Hall–Kier alpha value is -14.3. The highest BCUT2D eigenvalue weighted by molar-refractivity contribution is 6.28. The highest BCUT2D eigenvalue weighted by Gasteiger charge is 2.39. The van der Waals surface area contributed by atoms with Crippen LogP contribution in [0.3, 0.4) is 0 Å². The lowest BCUT2D eigenvalue weighted by Gasteiger charge is -2.28. The van der Waals surface area contributed by atoms with Gasteiger partial charge < -0.3 is 76.5 Å². The Labute approximate surface area is 656 Å². The van der Waals surface area contributed by atoms with Gasteiger partial charge in [0.15, 0.2) is 92.0 Å². The van der Waals surface area contributed by atoms with Crippen LogP contribution in [0, 0.1) is 0 Å². The van der Waals surface area contributed by atoms with Gasteiger partial charge in [-0.3, -0.25) is 9.59 Å². The van der Waals surface area contributed by atoms with Gasteiger partial charge in [-0.05, 0) is 98.3 Å². The van der Waals surface area contributed by atoms with Crippen LogP contribution in [0.4, 0.5) is 0 Å². The van der Waals surface area contributed by atoms with Crippen LogP contribution in [0.1, 0.15) is 13.8 Å². The SMILES string of the molecule is COc1c(OC(C)=O)cc2ccccc2c1-c1c(OC)c(O)c(-c2c(O)c(OC)c(-c3c(OC)c(OC)c(-c4c(OC)c(OC)c(-c5c(OC)c(OC)c(-c6c(OC)c(OC)c(-c7c(OC)c(OC(C)=O)cc8ccccc78)c7ccccc67)c6ccccc56)c5ccccc45)c4ccccc34)c3ccccc23)c2ccccc12. The Morgan fingerprint density at radius 2 is 0.351 bits per heavy atom.